The SMILES string of the molecule is Cc1cc(OCCCC(=O)N2CCC(c3ccc(O)cc3)CC2)ccc1Cl. The molecule has 0 spiro atoms. The summed E-state index contributed by atoms with van der Waals surface area (Å²) in [5.41, 5.74) is 2.23. The summed E-state index contributed by atoms with van der Waals surface area (Å²) in [6.45, 7) is 4.06. The number of hydrogen-bond donors (Lipinski definition) is 1. The highest BCUT2D eigenvalue weighted by atomic mass is 35.5. The minimum atomic E-state index is 0.204. The van der Waals surface area contributed by atoms with Gasteiger partial charge in [-0.25, -0.2) is 0 Å². The summed E-state index contributed by atoms with van der Waals surface area (Å²) in [4.78, 5) is 14.4. The van der Waals surface area contributed by atoms with Crippen LogP contribution >= 0.6 is 11.6 Å². The van der Waals surface area contributed by atoms with Crippen molar-refractivity contribution in [1.29, 1.82) is 0 Å². The molecule has 2 aromatic carbocycles. The summed E-state index contributed by atoms with van der Waals surface area (Å²) in [5.74, 6) is 1.75. The van der Waals surface area contributed by atoms with E-state index < -0.39 is 0 Å². The Labute approximate surface area is 165 Å². The summed E-state index contributed by atoms with van der Waals surface area (Å²) < 4.78 is 5.71. The van der Waals surface area contributed by atoms with Crippen molar-refractivity contribution < 1.29 is 14.6 Å². The van der Waals surface area contributed by atoms with Gasteiger partial charge < -0.3 is 14.7 Å². The Balaban J connectivity index is 1.38. The van der Waals surface area contributed by atoms with Gasteiger partial charge in [-0.2, -0.15) is 0 Å². The van der Waals surface area contributed by atoms with E-state index in [9.17, 15) is 9.90 Å². The van der Waals surface area contributed by atoms with Gasteiger partial charge in [-0.05, 0) is 73.6 Å². The van der Waals surface area contributed by atoms with Crippen molar-refractivity contribution >= 4 is 17.5 Å². The van der Waals surface area contributed by atoms with Gasteiger partial charge in [0.15, 0.2) is 0 Å². The van der Waals surface area contributed by atoms with Crippen LogP contribution in [0, 0.1) is 6.92 Å². The molecule has 1 N–H and O–H groups in total. The Bertz CT molecular complexity index is 768. The van der Waals surface area contributed by atoms with E-state index in [1.807, 2.05) is 42.2 Å². The minimum Gasteiger partial charge on any atom is -0.508 e. The van der Waals surface area contributed by atoms with Crippen molar-refractivity contribution in [3.63, 3.8) is 0 Å². The number of aromatic hydroxyl groups is 1. The monoisotopic (exact) mass is 387 g/mol. The Morgan fingerprint density at radius 3 is 2.56 bits per heavy atom. The second-order valence-corrected chi connectivity index (χ2v) is 7.52. The number of rotatable bonds is 6. The summed E-state index contributed by atoms with van der Waals surface area (Å²) >= 11 is 6.01. The van der Waals surface area contributed by atoms with Crippen LogP contribution in [0.4, 0.5) is 0 Å². The molecule has 3 rings (SSSR count). The lowest BCUT2D eigenvalue weighted by molar-refractivity contribution is -0.132. The molecule has 0 unspecified atom stereocenters. The van der Waals surface area contributed by atoms with E-state index >= 15 is 0 Å². The molecule has 4 nitrogen and oxygen atoms in total. The predicted molar refractivity (Wildman–Crippen MR) is 108 cm³/mol. The molecule has 1 amide bonds. The molecule has 1 fully saturated rings. The molecule has 0 aromatic heterocycles. The largest absolute Gasteiger partial charge is 0.508 e. The Morgan fingerprint density at radius 1 is 1.19 bits per heavy atom. The standard InChI is InChI=1S/C22H26ClNO3/c1-16-15-20(8-9-21(16)23)27-14-2-3-22(26)24-12-10-18(11-13-24)17-4-6-19(25)7-5-17/h4-9,15,18,25H,2-3,10-14H2,1H3. The van der Waals surface area contributed by atoms with E-state index in [1.54, 1.807) is 12.1 Å². The molecule has 1 heterocycles. The first kappa shape index (κ1) is 19.6. The number of phenolic OH excluding ortho intramolecular Hbond substituents is 1. The van der Waals surface area contributed by atoms with Gasteiger partial charge in [0.1, 0.15) is 11.5 Å². The molecular formula is C22H26ClNO3. The molecule has 0 bridgehead atoms. The number of carbonyl (C=O) groups excluding carboxylic acids is 1. The van der Waals surface area contributed by atoms with E-state index in [-0.39, 0.29) is 5.91 Å². The normalized spacial score (nSPS) is 15.0. The van der Waals surface area contributed by atoms with Gasteiger partial charge in [0.2, 0.25) is 5.91 Å². The summed E-state index contributed by atoms with van der Waals surface area (Å²) in [5, 5.41) is 10.1. The van der Waals surface area contributed by atoms with Gasteiger partial charge in [-0.1, -0.05) is 23.7 Å². The third-order valence-corrected chi connectivity index (χ3v) is 5.57. The first-order valence-corrected chi connectivity index (χ1v) is 9.86. The van der Waals surface area contributed by atoms with Crippen LogP contribution < -0.4 is 4.74 Å². The van der Waals surface area contributed by atoms with E-state index in [1.165, 1.54) is 5.56 Å². The fraction of sp³-hybridized carbons (Fsp3) is 0.409. The number of halogens is 1. The number of hydrogen-bond acceptors (Lipinski definition) is 3. The van der Waals surface area contributed by atoms with Gasteiger partial charge in [0.05, 0.1) is 6.61 Å². The van der Waals surface area contributed by atoms with Crippen molar-refractivity contribution in [2.45, 2.75) is 38.5 Å². The maximum atomic E-state index is 12.4. The number of ether oxygens (including phenoxy) is 1. The Morgan fingerprint density at radius 2 is 1.89 bits per heavy atom. The molecule has 0 atom stereocenters. The zero-order valence-corrected chi connectivity index (χ0v) is 16.4. The van der Waals surface area contributed by atoms with Crippen molar-refractivity contribution in [3.05, 3.63) is 58.6 Å². The lowest BCUT2D eigenvalue weighted by atomic mass is 9.89. The lowest BCUT2D eigenvalue weighted by Crippen LogP contribution is -2.37. The number of nitrogens with zero attached hydrogens (tertiary/aromatic N) is 1. The number of likely N-dealkylation sites (tertiary alicyclic amines) is 1. The van der Waals surface area contributed by atoms with Gasteiger partial charge in [-0.15, -0.1) is 0 Å². The molecule has 1 aliphatic heterocycles. The first-order chi connectivity index (χ1) is 13.0. The Hall–Kier alpha value is -2.20. The van der Waals surface area contributed by atoms with Gasteiger partial charge in [0, 0.05) is 24.5 Å². The van der Waals surface area contributed by atoms with Gasteiger partial charge >= 0.3 is 0 Å². The predicted octanol–water partition coefficient (Wildman–Crippen LogP) is 4.92. The average molecular weight is 388 g/mol. The number of phenols is 1. The van der Waals surface area contributed by atoms with E-state index in [0.29, 0.717) is 31.1 Å². The van der Waals surface area contributed by atoms with Crippen LogP contribution in [0.2, 0.25) is 5.02 Å². The molecule has 144 valence electrons. The van der Waals surface area contributed by atoms with Crippen LogP contribution in [0.3, 0.4) is 0 Å². The Kier molecular flexibility index (Phi) is 6.62. The second kappa shape index (κ2) is 9.14. The highest BCUT2D eigenvalue weighted by molar-refractivity contribution is 6.31. The van der Waals surface area contributed by atoms with Crippen LogP contribution in [0.5, 0.6) is 11.5 Å². The number of piperidine rings is 1. The molecule has 27 heavy (non-hydrogen) atoms. The van der Waals surface area contributed by atoms with Crippen molar-refractivity contribution in [2.75, 3.05) is 19.7 Å². The fourth-order valence-electron chi connectivity index (χ4n) is 3.49. The van der Waals surface area contributed by atoms with E-state index in [4.69, 9.17) is 16.3 Å². The highest BCUT2D eigenvalue weighted by Gasteiger charge is 2.23. The minimum absolute atomic E-state index is 0.204. The molecule has 5 heteroatoms. The maximum absolute atomic E-state index is 12.4. The van der Waals surface area contributed by atoms with Crippen LogP contribution in [0.1, 0.15) is 42.7 Å². The van der Waals surface area contributed by atoms with E-state index in [0.717, 1.165) is 42.3 Å². The average Bonchev–Trinajstić information content (AvgIpc) is 2.68. The second-order valence-electron chi connectivity index (χ2n) is 7.11. The van der Waals surface area contributed by atoms with Crippen molar-refractivity contribution in [1.82, 2.24) is 4.90 Å². The van der Waals surface area contributed by atoms with Gasteiger partial charge in [-0.3, -0.25) is 4.79 Å². The highest BCUT2D eigenvalue weighted by Crippen LogP contribution is 2.29. The topological polar surface area (TPSA) is 49.8 Å². The summed E-state index contributed by atoms with van der Waals surface area (Å²) in [6.07, 6.45) is 3.16. The maximum Gasteiger partial charge on any atom is 0.222 e. The van der Waals surface area contributed by atoms with Crippen molar-refractivity contribution in [3.8, 4) is 11.5 Å². The number of amides is 1. The molecule has 0 saturated carbocycles. The molecular weight excluding hydrogens is 362 g/mol. The number of benzene rings is 2. The van der Waals surface area contributed by atoms with Crippen LogP contribution in [-0.4, -0.2) is 35.6 Å². The number of carbonyl (C=O) groups is 1. The smallest absolute Gasteiger partial charge is 0.222 e. The quantitative estimate of drug-likeness (QED) is 0.716. The molecule has 0 aliphatic carbocycles. The number of aryl methyl sites for hydroxylation is 1. The van der Waals surface area contributed by atoms with Crippen LogP contribution in [-0.2, 0) is 4.79 Å². The molecule has 1 aliphatic rings. The third kappa shape index (κ3) is 5.39. The lowest BCUT2D eigenvalue weighted by Gasteiger charge is -2.32. The van der Waals surface area contributed by atoms with Gasteiger partial charge in [0.25, 0.3) is 0 Å². The van der Waals surface area contributed by atoms with Crippen molar-refractivity contribution in [2.24, 2.45) is 0 Å². The molecule has 1 saturated heterocycles. The first-order valence-electron chi connectivity index (χ1n) is 9.48. The summed E-state index contributed by atoms with van der Waals surface area (Å²) in [6, 6.07) is 13.0. The molecule has 0 radical (unpaired) electrons. The molecule has 2 aromatic rings. The zero-order chi connectivity index (χ0) is 19.2. The third-order valence-electron chi connectivity index (χ3n) is 5.15. The van der Waals surface area contributed by atoms with Crippen LogP contribution in [0.15, 0.2) is 42.5 Å². The summed E-state index contributed by atoms with van der Waals surface area (Å²) in [7, 11) is 0. The fourth-order valence-corrected chi connectivity index (χ4v) is 3.60. The van der Waals surface area contributed by atoms with Crippen LogP contribution in [0.25, 0.3) is 0 Å². The zero-order valence-electron chi connectivity index (χ0n) is 15.7. The van der Waals surface area contributed by atoms with E-state index in [2.05, 4.69) is 0 Å².